The van der Waals surface area contributed by atoms with E-state index in [-0.39, 0.29) is 5.82 Å². The topological polar surface area (TPSA) is 57.2 Å². The van der Waals surface area contributed by atoms with E-state index in [2.05, 4.69) is 37.2 Å². The molecule has 116 valence electrons. The zero-order chi connectivity index (χ0) is 15.4. The lowest BCUT2D eigenvalue weighted by Crippen LogP contribution is -2.46. The minimum Gasteiger partial charge on any atom is -0.353 e. The third-order valence-corrected chi connectivity index (χ3v) is 3.79. The summed E-state index contributed by atoms with van der Waals surface area (Å²) in [7, 11) is 0. The quantitative estimate of drug-likeness (QED) is 0.931. The molecule has 1 aromatic heterocycles. The number of benzene rings is 1. The van der Waals surface area contributed by atoms with E-state index in [1.54, 1.807) is 18.3 Å². The minimum absolute atomic E-state index is 0.271. The van der Waals surface area contributed by atoms with Gasteiger partial charge in [-0.25, -0.2) is 4.39 Å². The Hall–Kier alpha value is -2.28. The molecule has 0 atom stereocenters. The van der Waals surface area contributed by atoms with E-state index in [0.717, 1.165) is 44.2 Å². The standard InChI is InChI=1S/C15H19FN6/c1-2-21-7-9-22(10-8-21)14-11-17-20-15(19-14)18-13-5-3-12(16)4-6-13/h3-6,11H,2,7-10H2,1H3,(H,18,19,20). The van der Waals surface area contributed by atoms with Gasteiger partial charge >= 0.3 is 0 Å². The van der Waals surface area contributed by atoms with Crippen molar-refractivity contribution in [2.24, 2.45) is 0 Å². The number of likely N-dealkylation sites (N-methyl/N-ethyl adjacent to an activating group) is 1. The van der Waals surface area contributed by atoms with Crippen LogP contribution in [-0.4, -0.2) is 52.8 Å². The van der Waals surface area contributed by atoms with Gasteiger partial charge in [0.2, 0.25) is 5.95 Å². The maximum Gasteiger partial charge on any atom is 0.249 e. The molecule has 6 nitrogen and oxygen atoms in total. The van der Waals surface area contributed by atoms with Gasteiger partial charge in [0.15, 0.2) is 5.82 Å². The molecule has 2 aromatic rings. The summed E-state index contributed by atoms with van der Waals surface area (Å²) >= 11 is 0. The monoisotopic (exact) mass is 302 g/mol. The molecule has 1 N–H and O–H groups in total. The first kappa shape index (κ1) is 14.6. The lowest BCUT2D eigenvalue weighted by Gasteiger charge is -2.34. The van der Waals surface area contributed by atoms with Gasteiger partial charge in [-0.05, 0) is 30.8 Å². The van der Waals surface area contributed by atoms with Gasteiger partial charge in [-0.1, -0.05) is 6.92 Å². The smallest absolute Gasteiger partial charge is 0.249 e. The number of rotatable bonds is 4. The summed E-state index contributed by atoms with van der Waals surface area (Å²) in [5.41, 5.74) is 0.733. The van der Waals surface area contributed by atoms with Crippen LogP contribution in [0.2, 0.25) is 0 Å². The van der Waals surface area contributed by atoms with Crippen LogP contribution in [0.1, 0.15) is 6.92 Å². The average molecular weight is 302 g/mol. The fraction of sp³-hybridized carbons (Fsp3) is 0.400. The second kappa shape index (κ2) is 6.65. The summed E-state index contributed by atoms with van der Waals surface area (Å²) in [5, 5.41) is 11.0. The lowest BCUT2D eigenvalue weighted by atomic mass is 10.3. The molecule has 3 rings (SSSR count). The largest absolute Gasteiger partial charge is 0.353 e. The van der Waals surface area contributed by atoms with Crippen molar-refractivity contribution >= 4 is 17.5 Å². The molecule has 0 unspecified atom stereocenters. The molecule has 1 aliphatic rings. The molecule has 1 fully saturated rings. The average Bonchev–Trinajstić information content (AvgIpc) is 2.57. The molecule has 0 saturated carbocycles. The second-order valence-corrected chi connectivity index (χ2v) is 5.19. The van der Waals surface area contributed by atoms with Crippen molar-refractivity contribution in [3.05, 3.63) is 36.3 Å². The number of nitrogens with zero attached hydrogens (tertiary/aromatic N) is 5. The summed E-state index contributed by atoms with van der Waals surface area (Å²) in [6.45, 7) is 7.17. The van der Waals surface area contributed by atoms with Gasteiger partial charge in [0.05, 0.1) is 6.20 Å². The Kier molecular flexibility index (Phi) is 4.43. The number of piperazine rings is 1. The van der Waals surface area contributed by atoms with Gasteiger partial charge in [-0.2, -0.15) is 10.1 Å². The van der Waals surface area contributed by atoms with Crippen LogP contribution < -0.4 is 10.2 Å². The molecule has 0 spiro atoms. The van der Waals surface area contributed by atoms with Gasteiger partial charge in [0.25, 0.3) is 0 Å². The molecule has 22 heavy (non-hydrogen) atoms. The van der Waals surface area contributed by atoms with Gasteiger partial charge in [0, 0.05) is 31.9 Å². The number of hydrogen-bond acceptors (Lipinski definition) is 6. The number of anilines is 3. The summed E-state index contributed by atoms with van der Waals surface area (Å²) in [6, 6.07) is 6.07. The van der Waals surface area contributed by atoms with Crippen LogP contribution in [0.4, 0.5) is 21.8 Å². The highest BCUT2D eigenvalue weighted by molar-refractivity contribution is 5.54. The van der Waals surface area contributed by atoms with E-state index in [1.807, 2.05) is 0 Å². The molecule has 0 bridgehead atoms. The Morgan fingerprint density at radius 2 is 1.86 bits per heavy atom. The van der Waals surface area contributed by atoms with Crippen LogP contribution in [0.15, 0.2) is 30.5 Å². The fourth-order valence-electron chi connectivity index (χ4n) is 2.46. The van der Waals surface area contributed by atoms with E-state index in [9.17, 15) is 4.39 Å². The number of hydrogen-bond donors (Lipinski definition) is 1. The van der Waals surface area contributed by atoms with Crippen LogP contribution in [0.25, 0.3) is 0 Å². The van der Waals surface area contributed by atoms with Crippen molar-refractivity contribution in [2.45, 2.75) is 6.92 Å². The zero-order valence-electron chi connectivity index (χ0n) is 12.5. The van der Waals surface area contributed by atoms with Crippen molar-refractivity contribution < 1.29 is 4.39 Å². The number of halogens is 1. The highest BCUT2D eigenvalue weighted by Gasteiger charge is 2.17. The van der Waals surface area contributed by atoms with E-state index in [0.29, 0.717) is 5.95 Å². The molecular formula is C15H19FN6. The normalized spacial score (nSPS) is 15.8. The maximum atomic E-state index is 12.9. The zero-order valence-corrected chi connectivity index (χ0v) is 12.5. The second-order valence-electron chi connectivity index (χ2n) is 5.19. The van der Waals surface area contributed by atoms with Crippen molar-refractivity contribution in [2.75, 3.05) is 42.9 Å². The SMILES string of the molecule is CCN1CCN(c2cnnc(Nc3ccc(F)cc3)n2)CC1. The minimum atomic E-state index is -0.271. The molecule has 0 radical (unpaired) electrons. The lowest BCUT2D eigenvalue weighted by molar-refractivity contribution is 0.270. The van der Waals surface area contributed by atoms with Crippen molar-refractivity contribution in [3.8, 4) is 0 Å². The molecule has 2 heterocycles. The van der Waals surface area contributed by atoms with Crippen molar-refractivity contribution in [1.82, 2.24) is 20.1 Å². The van der Waals surface area contributed by atoms with Crippen molar-refractivity contribution in [1.29, 1.82) is 0 Å². The van der Waals surface area contributed by atoms with E-state index < -0.39 is 0 Å². The Labute approximate surface area is 129 Å². The van der Waals surface area contributed by atoms with Gasteiger partial charge in [0.1, 0.15) is 5.82 Å². The van der Waals surface area contributed by atoms with Crippen LogP contribution in [-0.2, 0) is 0 Å². The summed E-state index contributed by atoms with van der Waals surface area (Å²) in [5.74, 6) is 0.963. The van der Waals surface area contributed by atoms with E-state index in [4.69, 9.17) is 0 Å². The first-order valence-electron chi connectivity index (χ1n) is 7.44. The summed E-state index contributed by atoms with van der Waals surface area (Å²) < 4.78 is 12.9. The van der Waals surface area contributed by atoms with Gasteiger partial charge < -0.3 is 15.1 Å². The Morgan fingerprint density at radius 3 is 2.55 bits per heavy atom. The Bertz CT molecular complexity index is 610. The highest BCUT2D eigenvalue weighted by atomic mass is 19.1. The van der Waals surface area contributed by atoms with Gasteiger partial charge in [-0.15, -0.1) is 5.10 Å². The predicted molar refractivity (Wildman–Crippen MR) is 83.8 cm³/mol. The van der Waals surface area contributed by atoms with Gasteiger partial charge in [-0.3, -0.25) is 0 Å². The van der Waals surface area contributed by atoms with Crippen molar-refractivity contribution in [3.63, 3.8) is 0 Å². The van der Waals surface area contributed by atoms with Crippen LogP contribution >= 0.6 is 0 Å². The molecule has 1 saturated heterocycles. The first-order chi connectivity index (χ1) is 10.7. The molecule has 0 aliphatic carbocycles. The third kappa shape index (κ3) is 3.48. The third-order valence-electron chi connectivity index (χ3n) is 3.79. The summed E-state index contributed by atoms with van der Waals surface area (Å²) in [4.78, 5) is 9.10. The maximum absolute atomic E-state index is 12.9. The Balaban J connectivity index is 1.68. The van der Waals surface area contributed by atoms with E-state index in [1.165, 1.54) is 12.1 Å². The van der Waals surface area contributed by atoms with Crippen LogP contribution in [0.3, 0.4) is 0 Å². The first-order valence-corrected chi connectivity index (χ1v) is 7.44. The molecule has 1 aromatic carbocycles. The fourth-order valence-corrected chi connectivity index (χ4v) is 2.46. The Morgan fingerprint density at radius 1 is 1.14 bits per heavy atom. The molecule has 1 aliphatic heterocycles. The predicted octanol–water partition coefficient (Wildman–Crippen LogP) is 1.90. The highest BCUT2D eigenvalue weighted by Crippen LogP contribution is 2.17. The summed E-state index contributed by atoms with van der Waals surface area (Å²) in [6.07, 6.45) is 1.68. The molecule has 0 amide bonds. The number of aromatic nitrogens is 3. The van der Waals surface area contributed by atoms with Crippen LogP contribution in [0, 0.1) is 5.82 Å². The van der Waals surface area contributed by atoms with Crippen LogP contribution in [0.5, 0.6) is 0 Å². The molecule has 7 heteroatoms. The number of nitrogens with one attached hydrogen (secondary N) is 1. The van der Waals surface area contributed by atoms with E-state index >= 15 is 0 Å². The molecular weight excluding hydrogens is 283 g/mol.